The predicted molar refractivity (Wildman–Crippen MR) is 72.3 cm³/mol. The molecule has 1 rings (SSSR count). The number of nitrogens with zero attached hydrogens (tertiary/aromatic N) is 1. The first-order chi connectivity index (χ1) is 7.49. The molecule has 0 bridgehead atoms. The number of hydrogen-bond donors (Lipinski definition) is 0. The molecular weight excluding hydrogens is 266 g/mol. The molecule has 0 radical (unpaired) electrons. The third kappa shape index (κ3) is 2.64. The Balaban J connectivity index is 3.18. The van der Waals surface area contributed by atoms with Crippen LogP contribution in [0.4, 0.5) is 5.69 Å². The van der Waals surface area contributed by atoms with E-state index in [9.17, 15) is 4.79 Å². The molecule has 0 aliphatic heterocycles. The lowest BCUT2D eigenvalue weighted by molar-refractivity contribution is -0.117. The van der Waals surface area contributed by atoms with Crippen LogP contribution in [-0.4, -0.2) is 17.3 Å². The molecule has 0 spiro atoms. The van der Waals surface area contributed by atoms with E-state index < -0.39 is 0 Å². The highest BCUT2D eigenvalue weighted by Gasteiger charge is 2.20. The zero-order valence-corrected chi connectivity index (χ0v) is 11.8. The van der Waals surface area contributed by atoms with E-state index in [2.05, 4.69) is 15.9 Å². The normalized spacial score (nSPS) is 12.3. The minimum absolute atomic E-state index is 0.111. The van der Waals surface area contributed by atoms with Gasteiger partial charge in [-0.3, -0.25) is 4.79 Å². The van der Waals surface area contributed by atoms with Gasteiger partial charge in [0.25, 0.3) is 0 Å². The molecule has 0 saturated heterocycles. The molecule has 0 aromatic heterocycles. The van der Waals surface area contributed by atoms with Crippen molar-refractivity contribution >= 4 is 27.5 Å². The van der Waals surface area contributed by atoms with Crippen LogP contribution in [0.15, 0.2) is 18.2 Å². The number of benzene rings is 1. The van der Waals surface area contributed by atoms with Crippen molar-refractivity contribution in [3.8, 4) is 0 Å². The molecule has 0 heterocycles. The molecule has 0 saturated carbocycles. The second-order valence-corrected chi connectivity index (χ2v) is 5.31. The molecule has 0 fully saturated rings. The first-order valence-electron chi connectivity index (χ1n) is 5.50. The maximum Gasteiger partial charge on any atom is 0.240 e. The summed E-state index contributed by atoms with van der Waals surface area (Å²) in [4.78, 5) is 13.7. The van der Waals surface area contributed by atoms with Gasteiger partial charge in [-0.2, -0.15) is 0 Å². The van der Waals surface area contributed by atoms with Gasteiger partial charge in [-0.15, -0.1) is 0 Å². The summed E-state index contributed by atoms with van der Waals surface area (Å²) in [6.45, 7) is 8.63. The first kappa shape index (κ1) is 13.2. The van der Waals surface area contributed by atoms with Crippen LogP contribution in [0.5, 0.6) is 0 Å². The molecule has 3 heteroatoms. The van der Waals surface area contributed by atoms with Gasteiger partial charge in [-0.1, -0.05) is 34.1 Å². The van der Waals surface area contributed by atoms with Gasteiger partial charge in [-0.25, -0.2) is 0 Å². The van der Waals surface area contributed by atoms with Crippen LogP contribution in [0.3, 0.4) is 0 Å². The number of carbonyl (C=O) groups is 1. The highest BCUT2D eigenvalue weighted by molar-refractivity contribution is 9.10. The molecular formula is C13H18BrNO. The third-order valence-corrected chi connectivity index (χ3v) is 3.02. The summed E-state index contributed by atoms with van der Waals surface area (Å²) in [7, 11) is 0. The lowest BCUT2D eigenvalue weighted by Gasteiger charge is -2.26. The number of carbonyl (C=O) groups excluding carboxylic acids is 1. The van der Waals surface area contributed by atoms with Gasteiger partial charge in [-0.05, 0) is 38.8 Å². The summed E-state index contributed by atoms with van der Waals surface area (Å²) < 4.78 is 0. The summed E-state index contributed by atoms with van der Waals surface area (Å²) in [5.74, 6) is 0.111. The number of rotatable bonds is 3. The van der Waals surface area contributed by atoms with Crippen molar-refractivity contribution in [1.29, 1.82) is 0 Å². The van der Waals surface area contributed by atoms with Gasteiger partial charge in [0.2, 0.25) is 5.91 Å². The fourth-order valence-corrected chi connectivity index (χ4v) is 2.12. The van der Waals surface area contributed by atoms with E-state index in [0.717, 1.165) is 16.8 Å². The van der Waals surface area contributed by atoms with Gasteiger partial charge >= 0.3 is 0 Å². The molecule has 1 aromatic rings. The van der Waals surface area contributed by atoms with Crippen molar-refractivity contribution in [2.24, 2.45) is 0 Å². The van der Waals surface area contributed by atoms with Gasteiger partial charge < -0.3 is 4.90 Å². The molecule has 0 aliphatic rings. The summed E-state index contributed by atoms with van der Waals surface area (Å²) in [6.07, 6.45) is 0. The topological polar surface area (TPSA) is 20.3 Å². The van der Waals surface area contributed by atoms with Crippen LogP contribution in [-0.2, 0) is 4.79 Å². The predicted octanol–water partition coefficient (Wildman–Crippen LogP) is 3.44. The zero-order valence-electron chi connectivity index (χ0n) is 10.2. The maximum atomic E-state index is 12.1. The van der Waals surface area contributed by atoms with Crippen molar-refractivity contribution < 1.29 is 4.79 Å². The second-order valence-electron chi connectivity index (χ2n) is 3.94. The van der Waals surface area contributed by atoms with Crippen molar-refractivity contribution in [3.63, 3.8) is 0 Å². The van der Waals surface area contributed by atoms with Crippen LogP contribution in [0, 0.1) is 13.8 Å². The number of hydrogen-bond acceptors (Lipinski definition) is 1. The molecule has 1 atom stereocenters. The van der Waals surface area contributed by atoms with Crippen molar-refractivity contribution in [1.82, 2.24) is 0 Å². The quantitative estimate of drug-likeness (QED) is 0.779. The Bertz CT molecular complexity index is 367. The number of amides is 1. The monoisotopic (exact) mass is 283 g/mol. The lowest BCUT2D eigenvalue weighted by Crippen LogP contribution is -2.36. The maximum absolute atomic E-state index is 12.1. The second kappa shape index (κ2) is 5.48. The molecule has 1 unspecified atom stereocenters. The molecule has 1 amide bonds. The fraction of sp³-hybridized carbons (Fsp3) is 0.462. The zero-order chi connectivity index (χ0) is 12.3. The summed E-state index contributed by atoms with van der Waals surface area (Å²) in [6, 6.07) is 6.10. The number of para-hydroxylation sites is 1. The Morgan fingerprint density at radius 1 is 1.38 bits per heavy atom. The van der Waals surface area contributed by atoms with Crippen LogP contribution < -0.4 is 4.90 Å². The first-order valence-corrected chi connectivity index (χ1v) is 6.42. The highest BCUT2D eigenvalue weighted by Crippen LogP contribution is 2.25. The van der Waals surface area contributed by atoms with E-state index in [1.165, 1.54) is 0 Å². The summed E-state index contributed by atoms with van der Waals surface area (Å²) in [5, 5.41) is 0. The van der Waals surface area contributed by atoms with Gasteiger partial charge in [0.05, 0.1) is 4.83 Å². The van der Waals surface area contributed by atoms with E-state index in [4.69, 9.17) is 0 Å². The van der Waals surface area contributed by atoms with Crippen molar-refractivity contribution in [2.45, 2.75) is 32.5 Å². The molecule has 0 aliphatic carbocycles. The number of halogens is 1. The van der Waals surface area contributed by atoms with E-state index in [1.54, 1.807) is 0 Å². The number of anilines is 1. The Morgan fingerprint density at radius 3 is 2.25 bits per heavy atom. The average molecular weight is 284 g/mol. The fourth-order valence-electron chi connectivity index (χ4n) is 1.87. The van der Waals surface area contributed by atoms with Crippen LogP contribution >= 0.6 is 15.9 Å². The number of alkyl halides is 1. The Morgan fingerprint density at radius 2 is 1.88 bits per heavy atom. The Kier molecular flexibility index (Phi) is 4.54. The average Bonchev–Trinajstić information content (AvgIpc) is 2.22. The van der Waals surface area contributed by atoms with Crippen LogP contribution in [0.1, 0.15) is 25.0 Å². The van der Waals surface area contributed by atoms with E-state index in [1.807, 2.05) is 50.8 Å². The van der Waals surface area contributed by atoms with E-state index in [0.29, 0.717) is 6.54 Å². The van der Waals surface area contributed by atoms with Gasteiger partial charge in [0.1, 0.15) is 0 Å². The SMILES string of the molecule is CCN(C(=O)C(C)Br)c1c(C)cccc1C. The lowest BCUT2D eigenvalue weighted by atomic mass is 10.1. The van der Waals surface area contributed by atoms with Gasteiger partial charge in [0.15, 0.2) is 0 Å². The van der Waals surface area contributed by atoms with Crippen LogP contribution in [0.25, 0.3) is 0 Å². The smallest absolute Gasteiger partial charge is 0.240 e. The Labute approximate surface area is 106 Å². The molecule has 1 aromatic carbocycles. The van der Waals surface area contributed by atoms with E-state index >= 15 is 0 Å². The largest absolute Gasteiger partial charge is 0.311 e. The van der Waals surface area contributed by atoms with Crippen molar-refractivity contribution in [2.75, 3.05) is 11.4 Å². The van der Waals surface area contributed by atoms with E-state index in [-0.39, 0.29) is 10.7 Å². The standard InChI is InChI=1S/C13H18BrNO/c1-5-15(13(16)11(4)14)12-9(2)7-6-8-10(12)3/h6-8,11H,5H2,1-4H3. The van der Waals surface area contributed by atoms with Crippen molar-refractivity contribution in [3.05, 3.63) is 29.3 Å². The highest BCUT2D eigenvalue weighted by atomic mass is 79.9. The molecule has 16 heavy (non-hydrogen) atoms. The molecule has 0 N–H and O–H groups in total. The minimum Gasteiger partial charge on any atom is -0.311 e. The summed E-state index contributed by atoms with van der Waals surface area (Å²) in [5.41, 5.74) is 3.33. The van der Waals surface area contributed by atoms with Crippen LogP contribution in [0.2, 0.25) is 0 Å². The molecule has 2 nitrogen and oxygen atoms in total. The van der Waals surface area contributed by atoms with Gasteiger partial charge in [0, 0.05) is 12.2 Å². The number of aryl methyl sites for hydroxylation is 2. The third-order valence-electron chi connectivity index (χ3n) is 2.63. The molecule has 88 valence electrons. The minimum atomic E-state index is -0.147. The Hall–Kier alpha value is -0.830. The summed E-state index contributed by atoms with van der Waals surface area (Å²) >= 11 is 3.34.